The van der Waals surface area contributed by atoms with Crippen molar-refractivity contribution in [1.29, 1.82) is 0 Å². The predicted molar refractivity (Wildman–Crippen MR) is 108 cm³/mol. The Morgan fingerprint density at radius 2 is 1.52 bits per heavy atom. The number of furan rings is 1. The van der Waals surface area contributed by atoms with Crippen LogP contribution in [0.1, 0.15) is 18.4 Å². The number of para-hydroxylation sites is 1. The molecule has 0 atom stereocenters. The highest BCUT2D eigenvalue weighted by Gasteiger charge is 2.16. The van der Waals surface area contributed by atoms with Gasteiger partial charge in [0.2, 0.25) is 10.0 Å². The van der Waals surface area contributed by atoms with Crippen molar-refractivity contribution in [2.24, 2.45) is 0 Å². The molecule has 0 spiro atoms. The Kier molecular flexibility index (Phi) is 4.97. The van der Waals surface area contributed by atoms with Crippen LogP contribution in [0, 0.1) is 0 Å². The third-order valence-corrected chi connectivity index (χ3v) is 6.14. The molecule has 0 aliphatic carbocycles. The van der Waals surface area contributed by atoms with Crippen LogP contribution in [0.2, 0.25) is 0 Å². The summed E-state index contributed by atoms with van der Waals surface area (Å²) in [6.07, 6.45) is 2.69. The molecule has 0 saturated carbocycles. The Balaban J connectivity index is 1.43. The van der Waals surface area contributed by atoms with Gasteiger partial charge in [-0.15, -0.1) is 0 Å². The van der Waals surface area contributed by atoms with E-state index >= 15 is 0 Å². The van der Waals surface area contributed by atoms with Crippen molar-refractivity contribution in [1.82, 2.24) is 4.72 Å². The molecule has 138 valence electrons. The highest BCUT2D eigenvalue weighted by molar-refractivity contribution is 7.89. The average Bonchev–Trinajstić information content (AvgIpc) is 3.06. The van der Waals surface area contributed by atoms with Crippen molar-refractivity contribution in [2.75, 3.05) is 6.54 Å². The number of fused-ring (bicyclic) bond motifs is 3. The maximum atomic E-state index is 12.6. The summed E-state index contributed by atoms with van der Waals surface area (Å²) < 4.78 is 33.7. The van der Waals surface area contributed by atoms with Gasteiger partial charge in [-0.05, 0) is 49.1 Å². The summed E-state index contributed by atoms with van der Waals surface area (Å²) in [5.41, 5.74) is 2.73. The van der Waals surface area contributed by atoms with Crippen LogP contribution in [0.25, 0.3) is 21.9 Å². The molecule has 3 aromatic carbocycles. The van der Waals surface area contributed by atoms with Gasteiger partial charge in [-0.25, -0.2) is 13.1 Å². The summed E-state index contributed by atoms with van der Waals surface area (Å²) in [4.78, 5) is 0.268. The molecular formula is C22H21NO3S. The van der Waals surface area contributed by atoms with Gasteiger partial charge in [0.25, 0.3) is 0 Å². The molecule has 4 aromatic rings. The molecule has 0 fully saturated rings. The van der Waals surface area contributed by atoms with Gasteiger partial charge in [-0.2, -0.15) is 0 Å². The lowest BCUT2D eigenvalue weighted by atomic mass is 10.1. The van der Waals surface area contributed by atoms with E-state index in [-0.39, 0.29) is 4.90 Å². The smallest absolute Gasteiger partial charge is 0.240 e. The Morgan fingerprint density at radius 3 is 2.37 bits per heavy atom. The van der Waals surface area contributed by atoms with Gasteiger partial charge < -0.3 is 4.42 Å². The predicted octanol–water partition coefficient (Wildman–Crippen LogP) is 4.89. The molecular weight excluding hydrogens is 358 g/mol. The lowest BCUT2D eigenvalue weighted by molar-refractivity contribution is 0.577. The van der Waals surface area contributed by atoms with E-state index in [1.165, 1.54) is 5.56 Å². The molecule has 4 rings (SSSR count). The zero-order valence-electron chi connectivity index (χ0n) is 14.9. The minimum Gasteiger partial charge on any atom is -0.456 e. The number of aryl methyl sites for hydroxylation is 1. The standard InChI is InChI=1S/C22H21NO3S/c24-27(25,23-15-7-6-10-17-8-2-1-3-9-17)18-13-14-22-20(16-18)19-11-4-5-12-21(19)26-22/h1-5,8-9,11-14,16,23H,6-7,10,15H2. The van der Waals surface area contributed by atoms with Crippen molar-refractivity contribution in [3.8, 4) is 0 Å². The first-order valence-corrected chi connectivity index (χ1v) is 10.6. The first-order chi connectivity index (χ1) is 13.1. The van der Waals surface area contributed by atoms with Crippen LogP contribution in [-0.2, 0) is 16.4 Å². The van der Waals surface area contributed by atoms with Crippen molar-refractivity contribution in [2.45, 2.75) is 24.2 Å². The van der Waals surface area contributed by atoms with Crippen LogP contribution >= 0.6 is 0 Å². The molecule has 27 heavy (non-hydrogen) atoms. The van der Waals surface area contributed by atoms with E-state index in [4.69, 9.17) is 4.42 Å². The Morgan fingerprint density at radius 1 is 0.778 bits per heavy atom. The molecule has 0 unspecified atom stereocenters. The number of nitrogens with one attached hydrogen (secondary N) is 1. The molecule has 0 aliphatic rings. The second-order valence-corrected chi connectivity index (χ2v) is 8.36. The maximum absolute atomic E-state index is 12.6. The van der Waals surface area contributed by atoms with E-state index in [0.717, 1.165) is 35.6 Å². The lowest BCUT2D eigenvalue weighted by Gasteiger charge is -2.07. The fraction of sp³-hybridized carbons (Fsp3) is 0.182. The van der Waals surface area contributed by atoms with Crippen LogP contribution in [0.3, 0.4) is 0 Å². The molecule has 0 aliphatic heterocycles. The van der Waals surface area contributed by atoms with Gasteiger partial charge in [0.15, 0.2) is 0 Å². The molecule has 5 heteroatoms. The topological polar surface area (TPSA) is 59.3 Å². The normalized spacial score (nSPS) is 12.0. The fourth-order valence-electron chi connectivity index (χ4n) is 3.26. The summed E-state index contributed by atoms with van der Waals surface area (Å²) in [6.45, 7) is 0.430. The highest BCUT2D eigenvalue weighted by atomic mass is 32.2. The number of hydrogen-bond donors (Lipinski definition) is 1. The van der Waals surface area contributed by atoms with E-state index in [9.17, 15) is 8.42 Å². The van der Waals surface area contributed by atoms with Gasteiger partial charge in [0, 0.05) is 17.3 Å². The number of unbranched alkanes of at least 4 members (excludes halogenated alkanes) is 1. The number of benzene rings is 3. The molecule has 0 saturated heterocycles. The number of rotatable bonds is 7. The number of sulfonamides is 1. The van der Waals surface area contributed by atoms with Gasteiger partial charge in [0.1, 0.15) is 11.2 Å². The van der Waals surface area contributed by atoms with Crippen molar-refractivity contribution < 1.29 is 12.8 Å². The Hall–Kier alpha value is -2.63. The minimum absolute atomic E-state index is 0.268. The van der Waals surface area contributed by atoms with E-state index < -0.39 is 10.0 Å². The summed E-state index contributed by atoms with van der Waals surface area (Å²) in [5, 5.41) is 1.74. The van der Waals surface area contributed by atoms with Gasteiger partial charge in [-0.3, -0.25) is 0 Å². The first-order valence-electron chi connectivity index (χ1n) is 9.08. The maximum Gasteiger partial charge on any atom is 0.240 e. The quantitative estimate of drug-likeness (QED) is 0.465. The second-order valence-electron chi connectivity index (χ2n) is 6.60. The van der Waals surface area contributed by atoms with Gasteiger partial charge >= 0.3 is 0 Å². The van der Waals surface area contributed by atoms with Crippen LogP contribution in [-0.4, -0.2) is 15.0 Å². The van der Waals surface area contributed by atoms with Crippen LogP contribution in [0.4, 0.5) is 0 Å². The summed E-state index contributed by atoms with van der Waals surface area (Å²) in [5.74, 6) is 0. The van der Waals surface area contributed by atoms with Gasteiger partial charge in [-0.1, -0.05) is 48.5 Å². The third kappa shape index (κ3) is 3.89. The minimum atomic E-state index is -3.54. The molecule has 4 nitrogen and oxygen atoms in total. The summed E-state index contributed by atoms with van der Waals surface area (Å²) >= 11 is 0. The van der Waals surface area contributed by atoms with Crippen LogP contribution in [0.5, 0.6) is 0 Å². The van der Waals surface area contributed by atoms with E-state index in [1.807, 2.05) is 42.5 Å². The van der Waals surface area contributed by atoms with Crippen LogP contribution in [0.15, 0.2) is 82.1 Å². The molecule has 1 N–H and O–H groups in total. The SMILES string of the molecule is O=S(=O)(NCCCCc1ccccc1)c1ccc2oc3ccccc3c2c1. The molecule has 0 radical (unpaired) electrons. The summed E-state index contributed by atoms with van der Waals surface area (Å²) in [6, 6.07) is 22.9. The fourth-order valence-corrected chi connectivity index (χ4v) is 4.36. The Bertz CT molecular complexity index is 1160. The zero-order valence-corrected chi connectivity index (χ0v) is 15.7. The van der Waals surface area contributed by atoms with Crippen molar-refractivity contribution >= 4 is 32.0 Å². The largest absolute Gasteiger partial charge is 0.456 e. The van der Waals surface area contributed by atoms with Gasteiger partial charge in [0.05, 0.1) is 4.90 Å². The molecule has 1 heterocycles. The highest BCUT2D eigenvalue weighted by Crippen LogP contribution is 2.30. The van der Waals surface area contributed by atoms with Crippen molar-refractivity contribution in [3.05, 3.63) is 78.4 Å². The zero-order chi connectivity index (χ0) is 18.7. The number of hydrogen-bond acceptors (Lipinski definition) is 3. The average molecular weight is 379 g/mol. The van der Waals surface area contributed by atoms with E-state index in [2.05, 4.69) is 16.9 Å². The monoisotopic (exact) mass is 379 g/mol. The molecule has 1 aromatic heterocycles. The lowest BCUT2D eigenvalue weighted by Crippen LogP contribution is -2.24. The Labute approximate surface area is 158 Å². The first kappa shape index (κ1) is 17.8. The summed E-state index contributed by atoms with van der Waals surface area (Å²) in [7, 11) is -3.54. The second kappa shape index (κ2) is 7.55. The van der Waals surface area contributed by atoms with Crippen LogP contribution < -0.4 is 4.72 Å². The van der Waals surface area contributed by atoms with E-state index in [1.54, 1.807) is 18.2 Å². The third-order valence-electron chi connectivity index (χ3n) is 4.69. The van der Waals surface area contributed by atoms with E-state index in [0.29, 0.717) is 12.1 Å². The molecule has 0 bridgehead atoms. The van der Waals surface area contributed by atoms with Crippen molar-refractivity contribution in [3.63, 3.8) is 0 Å². The molecule has 0 amide bonds.